The molecule has 0 bridgehead atoms. The van der Waals surface area contributed by atoms with E-state index in [1.54, 1.807) is 33.2 Å². The van der Waals surface area contributed by atoms with E-state index in [4.69, 9.17) is 4.74 Å². The topological polar surface area (TPSA) is 38.3 Å². The lowest BCUT2D eigenvalue weighted by atomic mass is 10.2. The van der Waals surface area contributed by atoms with Crippen molar-refractivity contribution in [2.75, 3.05) is 13.7 Å². The van der Waals surface area contributed by atoms with E-state index in [9.17, 15) is 4.79 Å². The van der Waals surface area contributed by atoms with Crippen molar-refractivity contribution in [3.63, 3.8) is 0 Å². The molecule has 0 aliphatic carbocycles. The molecular formula is C8H15NO2. The molecule has 3 heteroatoms. The van der Waals surface area contributed by atoms with Crippen molar-refractivity contribution >= 4 is 5.97 Å². The van der Waals surface area contributed by atoms with E-state index in [0.717, 1.165) is 0 Å². The molecule has 0 aliphatic heterocycles. The highest BCUT2D eigenvalue weighted by Crippen LogP contribution is 1.99. The van der Waals surface area contributed by atoms with E-state index in [1.807, 2.05) is 0 Å². The SMILES string of the molecule is CCOC(=O)C(C)/C=C\NC. The zero-order valence-electron chi connectivity index (χ0n) is 7.26. The Hall–Kier alpha value is -0.990. The predicted octanol–water partition coefficient (Wildman–Crippen LogP) is 0.919. The van der Waals surface area contributed by atoms with Gasteiger partial charge in [0.15, 0.2) is 0 Å². The van der Waals surface area contributed by atoms with Crippen molar-refractivity contribution in [1.82, 2.24) is 5.32 Å². The quantitative estimate of drug-likeness (QED) is 0.617. The molecule has 0 radical (unpaired) electrons. The number of carbonyl (C=O) groups excluding carboxylic acids is 1. The Morgan fingerprint density at radius 1 is 1.73 bits per heavy atom. The lowest BCUT2D eigenvalue weighted by Gasteiger charge is -2.04. The molecule has 3 nitrogen and oxygen atoms in total. The van der Waals surface area contributed by atoms with E-state index in [-0.39, 0.29) is 11.9 Å². The highest BCUT2D eigenvalue weighted by Gasteiger charge is 2.08. The molecule has 0 heterocycles. The summed E-state index contributed by atoms with van der Waals surface area (Å²) in [5.74, 6) is -0.346. The fraction of sp³-hybridized carbons (Fsp3) is 0.625. The second-order valence-corrected chi connectivity index (χ2v) is 2.19. The van der Waals surface area contributed by atoms with Gasteiger partial charge in [0.1, 0.15) is 0 Å². The van der Waals surface area contributed by atoms with E-state index < -0.39 is 0 Å². The van der Waals surface area contributed by atoms with Crippen LogP contribution in [0, 0.1) is 5.92 Å². The Kier molecular flexibility index (Phi) is 5.25. The van der Waals surface area contributed by atoms with Crippen LogP contribution in [0.5, 0.6) is 0 Å². The number of rotatable bonds is 4. The van der Waals surface area contributed by atoms with Crippen LogP contribution in [-0.4, -0.2) is 19.6 Å². The van der Waals surface area contributed by atoms with Gasteiger partial charge in [0.25, 0.3) is 0 Å². The van der Waals surface area contributed by atoms with Crippen LogP contribution in [0.15, 0.2) is 12.3 Å². The van der Waals surface area contributed by atoms with Gasteiger partial charge in [0.2, 0.25) is 0 Å². The lowest BCUT2D eigenvalue weighted by Crippen LogP contribution is -2.13. The van der Waals surface area contributed by atoms with Gasteiger partial charge < -0.3 is 10.1 Å². The van der Waals surface area contributed by atoms with E-state index in [2.05, 4.69) is 5.32 Å². The summed E-state index contributed by atoms with van der Waals surface area (Å²) in [6.07, 6.45) is 3.49. The summed E-state index contributed by atoms with van der Waals surface area (Å²) < 4.78 is 4.78. The Morgan fingerprint density at radius 3 is 2.82 bits per heavy atom. The number of esters is 1. The standard InChI is InChI=1S/C8H15NO2/c1-4-11-8(10)7(2)5-6-9-3/h5-7,9H,4H2,1-3H3/b6-5-. The number of hydrogen-bond donors (Lipinski definition) is 1. The minimum atomic E-state index is -0.181. The monoisotopic (exact) mass is 157 g/mol. The van der Waals surface area contributed by atoms with Gasteiger partial charge in [0, 0.05) is 7.05 Å². The normalized spacial score (nSPS) is 13.0. The van der Waals surface area contributed by atoms with Crippen molar-refractivity contribution in [2.45, 2.75) is 13.8 Å². The summed E-state index contributed by atoms with van der Waals surface area (Å²) in [5, 5.41) is 2.81. The molecule has 64 valence electrons. The zero-order valence-corrected chi connectivity index (χ0v) is 7.26. The van der Waals surface area contributed by atoms with Crippen LogP contribution in [0.25, 0.3) is 0 Å². The number of carbonyl (C=O) groups is 1. The lowest BCUT2D eigenvalue weighted by molar-refractivity contribution is -0.145. The fourth-order valence-electron chi connectivity index (χ4n) is 0.593. The molecule has 0 amide bonds. The summed E-state index contributed by atoms with van der Waals surface area (Å²) in [4.78, 5) is 10.9. The molecule has 1 atom stereocenters. The van der Waals surface area contributed by atoms with Crippen molar-refractivity contribution in [3.8, 4) is 0 Å². The molecule has 0 fully saturated rings. The van der Waals surface area contributed by atoms with E-state index >= 15 is 0 Å². The van der Waals surface area contributed by atoms with Gasteiger partial charge in [-0.15, -0.1) is 0 Å². The molecule has 0 aromatic rings. The van der Waals surface area contributed by atoms with Crippen LogP contribution in [0.3, 0.4) is 0 Å². The summed E-state index contributed by atoms with van der Waals surface area (Å²) in [7, 11) is 1.79. The fourth-order valence-corrected chi connectivity index (χ4v) is 0.593. The Morgan fingerprint density at radius 2 is 2.36 bits per heavy atom. The summed E-state index contributed by atoms with van der Waals surface area (Å²) in [5.41, 5.74) is 0. The van der Waals surface area contributed by atoms with Gasteiger partial charge in [-0.1, -0.05) is 6.08 Å². The largest absolute Gasteiger partial charge is 0.466 e. The number of hydrogen-bond acceptors (Lipinski definition) is 3. The molecule has 0 spiro atoms. The van der Waals surface area contributed by atoms with Crippen molar-refractivity contribution in [1.29, 1.82) is 0 Å². The first-order valence-corrected chi connectivity index (χ1v) is 3.73. The van der Waals surface area contributed by atoms with Crippen molar-refractivity contribution < 1.29 is 9.53 Å². The van der Waals surface area contributed by atoms with Gasteiger partial charge in [-0.25, -0.2) is 0 Å². The highest BCUT2D eigenvalue weighted by molar-refractivity contribution is 5.73. The zero-order chi connectivity index (χ0) is 8.69. The Bertz CT molecular complexity index is 143. The maximum atomic E-state index is 10.9. The van der Waals surface area contributed by atoms with Gasteiger partial charge >= 0.3 is 5.97 Å². The van der Waals surface area contributed by atoms with Crippen molar-refractivity contribution in [3.05, 3.63) is 12.3 Å². The summed E-state index contributed by atoms with van der Waals surface area (Å²) in [6.45, 7) is 4.04. The third-order valence-electron chi connectivity index (χ3n) is 1.21. The summed E-state index contributed by atoms with van der Waals surface area (Å²) >= 11 is 0. The molecule has 0 aromatic heterocycles. The predicted molar refractivity (Wildman–Crippen MR) is 44.0 cm³/mol. The second kappa shape index (κ2) is 5.77. The summed E-state index contributed by atoms with van der Waals surface area (Å²) in [6, 6.07) is 0. The maximum Gasteiger partial charge on any atom is 0.312 e. The third-order valence-corrected chi connectivity index (χ3v) is 1.21. The van der Waals surface area contributed by atoms with Gasteiger partial charge in [-0.05, 0) is 20.0 Å². The first kappa shape index (κ1) is 10.0. The highest BCUT2D eigenvalue weighted by atomic mass is 16.5. The molecule has 0 saturated carbocycles. The van der Waals surface area contributed by atoms with E-state index in [1.165, 1.54) is 0 Å². The first-order chi connectivity index (χ1) is 5.22. The molecule has 0 saturated heterocycles. The average molecular weight is 157 g/mol. The third kappa shape index (κ3) is 4.42. The van der Waals surface area contributed by atoms with Crippen LogP contribution >= 0.6 is 0 Å². The number of nitrogens with one attached hydrogen (secondary N) is 1. The molecular weight excluding hydrogens is 142 g/mol. The van der Waals surface area contributed by atoms with Gasteiger partial charge in [-0.2, -0.15) is 0 Å². The van der Waals surface area contributed by atoms with E-state index in [0.29, 0.717) is 6.61 Å². The minimum absolute atomic E-state index is 0.164. The van der Waals surface area contributed by atoms with Crippen LogP contribution in [0.2, 0.25) is 0 Å². The molecule has 11 heavy (non-hydrogen) atoms. The average Bonchev–Trinajstić information content (AvgIpc) is 2.00. The smallest absolute Gasteiger partial charge is 0.312 e. The van der Waals surface area contributed by atoms with Crippen molar-refractivity contribution in [2.24, 2.45) is 5.92 Å². The van der Waals surface area contributed by atoms with Gasteiger partial charge in [0.05, 0.1) is 12.5 Å². The van der Waals surface area contributed by atoms with Crippen LogP contribution in [0.4, 0.5) is 0 Å². The minimum Gasteiger partial charge on any atom is -0.466 e. The molecule has 0 rings (SSSR count). The van der Waals surface area contributed by atoms with Crippen LogP contribution in [0.1, 0.15) is 13.8 Å². The molecule has 0 aromatic carbocycles. The van der Waals surface area contributed by atoms with Crippen LogP contribution in [-0.2, 0) is 9.53 Å². The maximum absolute atomic E-state index is 10.9. The Balaban J connectivity index is 3.72. The second-order valence-electron chi connectivity index (χ2n) is 2.19. The first-order valence-electron chi connectivity index (χ1n) is 3.73. The molecule has 0 aliphatic rings. The van der Waals surface area contributed by atoms with Gasteiger partial charge in [-0.3, -0.25) is 4.79 Å². The molecule has 1 N–H and O–H groups in total. The number of ether oxygens (including phenoxy) is 1. The van der Waals surface area contributed by atoms with Crippen LogP contribution < -0.4 is 5.32 Å². The molecule has 1 unspecified atom stereocenters. The Labute approximate surface area is 67.4 Å².